The molecular formula is C17H14N2. The molecule has 3 heterocycles. The van der Waals surface area contributed by atoms with Crippen LogP contribution in [0, 0.1) is 0 Å². The summed E-state index contributed by atoms with van der Waals surface area (Å²) in [5.41, 5.74) is 4.94. The second-order valence-corrected chi connectivity index (χ2v) is 4.90. The lowest BCUT2D eigenvalue weighted by Gasteiger charge is -2.18. The van der Waals surface area contributed by atoms with Gasteiger partial charge in [0.15, 0.2) is 0 Å². The van der Waals surface area contributed by atoms with E-state index in [-0.39, 0.29) is 0 Å². The number of allylic oxidation sites excluding steroid dienone is 2. The molecule has 2 heteroatoms. The first-order valence-electron chi connectivity index (χ1n) is 6.50. The van der Waals surface area contributed by atoms with Gasteiger partial charge in [0.2, 0.25) is 0 Å². The molecule has 0 aliphatic carbocycles. The van der Waals surface area contributed by atoms with Crippen molar-refractivity contribution in [3.63, 3.8) is 0 Å². The molecular weight excluding hydrogens is 232 g/mol. The quantitative estimate of drug-likeness (QED) is 0.746. The van der Waals surface area contributed by atoms with E-state index in [1.165, 1.54) is 27.7 Å². The third kappa shape index (κ3) is 1.73. The molecule has 0 radical (unpaired) electrons. The standard InChI is InChI=1S/C17H14N2/c1-2-6-16-14(5-1)15-9-11-19-10-3-4-13(12-19)7-8-17(15)18-16/h1-11,18H,12H2/b8-7-,11-9-. The first-order chi connectivity index (χ1) is 9.40. The largest absolute Gasteiger partial charge is 0.355 e. The molecule has 2 aliphatic heterocycles. The number of hydrogen-bond donors (Lipinski definition) is 1. The fourth-order valence-electron chi connectivity index (χ4n) is 2.66. The summed E-state index contributed by atoms with van der Waals surface area (Å²) < 4.78 is 0. The summed E-state index contributed by atoms with van der Waals surface area (Å²) >= 11 is 0. The van der Waals surface area contributed by atoms with E-state index in [0.29, 0.717) is 0 Å². The Bertz CT molecular complexity index is 757. The number of aromatic amines is 1. The maximum Gasteiger partial charge on any atom is 0.0470 e. The first-order valence-corrected chi connectivity index (χ1v) is 6.50. The van der Waals surface area contributed by atoms with E-state index in [0.717, 1.165) is 6.54 Å². The van der Waals surface area contributed by atoms with Crippen molar-refractivity contribution in [2.24, 2.45) is 0 Å². The predicted molar refractivity (Wildman–Crippen MR) is 80.3 cm³/mol. The molecule has 0 spiro atoms. The highest BCUT2D eigenvalue weighted by molar-refractivity contribution is 5.93. The number of hydrogen-bond acceptors (Lipinski definition) is 1. The van der Waals surface area contributed by atoms with Crippen molar-refractivity contribution in [3.8, 4) is 0 Å². The van der Waals surface area contributed by atoms with Gasteiger partial charge in [-0.25, -0.2) is 0 Å². The maximum atomic E-state index is 3.49. The van der Waals surface area contributed by atoms with Crippen molar-refractivity contribution < 1.29 is 0 Å². The van der Waals surface area contributed by atoms with Gasteiger partial charge in [0.25, 0.3) is 0 Å². The average Bonchev–Trinajstić information content (AvgIpc) is 2.82. The van der Waals surface area contributed by atoms with Crippen molar-refractivity contribution in [3.05, 3.63) is 71.7 Å². The molecule has 2 nitrogen and oxygen atoms in total. The SMILES string of the molecule is C1=CN2/C=C\c3c([nH]c4ccccc34)/C=C\C(=C1)C2. The van der Waals surface area contributed by atoms with Crippen LogP contribution in [0.5, 0.6) is 0 Å². The van der Waals surface area contributed by atoms with Crippen LogP contribution in [0.3, 0.4) is 0 Å². The second kappa shape index (κ2) is 4.02. The molecule has 0 saturated heterocycles. The molecule has 0 atom stereocenters. The van der Waals surface area contributed by atoms with Gasteiger partial charge < -0.3 is 9.88 Å². The lowest BCUT2D eigenvalue weighted by atomic mass is 10.1. The van der Waals surface area contributed by atoms with Crippen molar-refractivity contribution >= 4 is 23.1 Å². The van der Waals surface area contributed by atoms with Gasteiger partial charge in [0.05, 0.1) is 0 Å². The molecule has 1 N–H and O–H groups in total. The molecule has 92 valence electrons. The number of para-hydroxylation sites is 1. The molecule has 19 heavy (non-hydrogen) atoms. The highest BCUT2D eigenvalue weighted by Crippen LogP contribution is 2.26. The Labute approximate surface area is 112 Å². The second-order valence-electron chi connectivity index (χ2n) is 4.90. The van der Waals surface area contributed by atoms with E-state index in [9.17, 15) is 0 Å². The summed E-state index contributed by atoms with van der Waals surface area (Å²) in [6.45, 7) is 0.936. The van der Waals surface area contributed by atoms with Gasteiger partial charge in [-0.15, -0.1) is 0 Å². The van der Waals surface area contributed by atoms with Crippen LogP contribution in [0.4, 0.5) is 0 Å². The topological polar surface area (TPSA) is 19.0 Å². The van der Waals surface area contributed by atoms with Gasteiger partial charge in [-0.3, -0.25) is 0 Å². The predicted octanol–water partition coefficient (Wildman–Crippen LogP) is 3.92. The molecule has 0 amide bonds. The van der Waals surface area contributed by atoms with Gasteiger partial charge in [0, 0.05) is 41.1 Å². The van der Waals surface area contributed by atoms with Crippen molar-refractivity contribution in [2.75, 3.05) is 6.54 Å². The van der Waals surface area contributed by atoms with E-state index in [1.807, 2.05) is 0 Å². The highest BCUT2D eigenvalue weighted by atomic mass is 15.1. The third-order valence-electron chi connectivity index (χ3n) is 3.63. The van der Waals surface area contributed by atoms with Gasteiger partial charge >= 0.3 is 0 Å². The van der Waals surface area contributed by atoms with Crippen molar-refractivity contribution in [1.29, 1.82) is 0 Å². The maximum absolute atomic E-state index is 3.49. The summed E-state index contributed by atoms with van der Waals surface area (Å²) in [6, 6.07) is 8.43. The fourth-order valence-corrected chi connectivity index (χ4v) is 2.66. The summed E-state index contributed by atoms with van der Waals surface area (Å²) in [6.07, 6.45) is 15.1. The smallest absolute Gasteiger partial charge is 0.0470 e. The number of benzene rings is 1. The van der Waals surface area contributed by atoms with E-state index >= 15 is 0 Å². The molecule has 0 saturated carbocycles. The zero-order chi connectivity index (χ0) is 12.7. The minimum Gasteiger partial charge on any atom is -0.355 e. The van der Waals surface area contributed by atoms with Crippen LogP contribution < -0.4 is 0 Å². The molecule has 1 aromatic carbocycles. The van der Waals surface area contributed by atoms with Crippen molar-refractivity contribution in [1.82, 2.24) is 9.88 Å². The van der Waals surface area contributed by atoms with Gasteiger partial charge in [0.1, 0.15) is 0 Å². The lowest BCUT2D eigenvalue weighted by molar-refractivity contribution is 0.553. The number of aromatic nitrogens is 1. The zero-order valence-corrected chi connectivity index (χ0v) is 10.5. The molecule has 4 rings (SSSR count). The molecule has 2 bridgehead atoms. The highest BCUT2D eigenvalue weighted by Gasteiger charge is 2.10. The first kappa shape index (κ1) is 10.4. The van der Waals surface area contributed by atoms with Gasteiger partial charge in [-0.1, -0.05) is 30.4 Å². The number of H-pyrrole nitrogens is 1. The minimum atomic E-state index is 0.936. The van der Waals surface area contributed by atoms with Gasteiger partial charge in [-0.2, -0.15) is 0 Å². The normalized spacial score (nSPS) is 20.2. The van der Waals surface area contributed by atoms with Crippen molar-refractivity contribution in [2.45, 2.75) is 0 Å². The Morgan fingerprint density at radius 3 is 2.95 bits per heavy atom. The van der Waals surface area contributed by atoms with E-state index in [2.05, 4.69) is 76.9 Å². The van der Waals surface area contributed by atoms with Crippen LogP contribution >= 0.6 is 0 Å². The minimum absolute atomic E-state index is 0.936. The fraction of sp³-hybridized carbons (Fsp3) is 0.0588. The third-order valence-corrected chi connectivity index (χ3v) is 3.63. The number of rotatable bonds is 0. The van der Waals surface area contributed by atoms with Gasteiger partial charge in [-0.05, 0) is 29.9 Å². The molecule has 2 aromatic rings. The van der Waals surface area contributed by atoms with Crippen LogP contribution in [0.1, 0.15) is 11.3 Å². The van der Waals surface area contributed by atoms with Crippen LogP contribution in [-0.4, -0.2) is 16.4 Å². The number of nitrogens with one attached hydrogen (secondary N) is 1. The number of fused-ring (bicyclic) bond motifs is 5. The number of nitrogens with zero attached hydrogens (tertiary/aromatic N) is 1. The Hall–Kier alpha value is -2.48. The van der Waals surface area contributed by atoms with Crippen LogP contribution in [-0.2, 0) is 0 Å². The summed E-state index contributed by atoms with van der Waals surface area (Å²) in [5.74, 6) is 0. The lowest BCUT2D eigenvalue weighted by Crippen LogP contribution is -2.14. The molecule has 2 aliphatic rings. The molecule has 0 fully saturated rings. The summed E-state index contributed by atoms with van der Waals surface area (Å²) in [5, 5.41) is 1.27. The Morgan fingerprint density at radius 1 is 1.00 bits per heavy atom. The summed E-state index contributed by atoms with van der Waals surface area (Å²) in [4.78, 5) is 5.69. The Morgan fingerprint density at radius 2 is 1.95 bits per heavy atom. The summed E-state index contributed by atoms with van der Waals surface area (Å²) in [7, 11) is 0. The zero-order valence-electron chi connectivity index (χ0n) is 10.5. The Balaban J connectivity index is 1.96. The molecule has 1 aromatic heterocycles. The Kier molecular flexibility index (Phi) is 2.21. The van der Waals surface area contributed by atoms with E-state index in [1.54, 1.807) is 0 Å². The van der Waals surface area contributed by atoms with Crippen LogP contribution in [0.25, 0.3) is 23.1 Å². The van der Waals surface area contributed by atoms with Crippen LogP contribution in [0.2, 0.25) is 0 Å². The average molecular weight is 246 g/mol. The van der Waals surface area contributed by atoms with Crippen LogP contribution in [0.15, 0.2) is 60.5 Å². The monoisotopic (exact) mass is 246 g/mol. The molecule has 0 unspecified atom stereocenters. The van der Waals surface area contributed by atoms with E-state index in [4.69, 9.17) is 0 Å². The van der Waals surface area contributed by atoms with E-state index < -0.39 is 0 Å².